The Kier molecular flexibility index (Phi) is 8.97. The lowest BCUT2D eigenvalue weighted by atomic mass is 10.1. The average molecular weight is 521 g/mol. The number of piperazine rings is 1. The molecule has 0 saturated carbocycles. The predicted molar refractivity (Wildman–Crippen MR) is 148 cm³/mol. The first-order valence-electron chi connectivity index (χ1n) is 12.8. The topological polar surface area (TPSA) is 73.0 Å². The zero-order chi connectivity index (χ0) is 26.3. The Bertz CT molecular complexity index is 1270. The van der Waals surface area contributed by atoms with Gasteiger partial charge in [0.1, 0.15) is 0 Å². The fraction of sp³-hybridized carbons (Fsp3) is 0.345. The highest BCUT2D eigenvalue weighted by Crippen LogP contribution is 2.29. The molecule has 0 bridgehead atoms. The van der Waals surface area contributed by atoms with E-state index in [0.717, 1.165) is 50.3 Å². The van der Waals surface area contributed by atoms with E-state index in [1.165, 1.54) is 4.31 Å². The number of rotatable bonds is 10. The van der Waals surface area contributed by atoms with E-state index in [9.17, 15) is 13.2 Å². The Morgan fingerprint density at radius 3 is 2.24 bits per heavy atom. The first-order chi connectivity index (χ1) is 17.8. The maximum absolute atomic E-state index is 13.9. The summed E-state index contributed by atoms with van der Waals surface area (Å²) in [4.78, 5) is 18.2. The molecule has 0 aromatic heterocycles. The lowest BCUT2D eigenvalue weighted by molar-refractivity contribution is 0.0950. The maximum Gasteiger partial charge on any atom is 0.264 e. The summed E-state index contributed by atoms with van der Waals surface area (Å²) in [7, 11) is -1.79. The van der Waals surface area contributed by atoms with Gasteiger partial charge in [0, 0.05) is 32.7 Å². The molecule has 37 heavy (non-hydrogen) atoms. The van der Waals surface area contributed by atoms with E-state index in [2.05, 4.69) is 22.2 Å². The molecule has 0 aliphatic carbocycles. The molecule has 4 rings (SSSR count). The third-order valence-corrected chi connectivity index (χ3v) is 8.50. The molecule has 7 nitrogen and oxygen atoms in total. The van der Waals surface area contributed by atoms with Gasteiger partial charge in [-0.05, 0) is 56.8 Å². The van der Waals surface area contributed by atoms with Crippen molar-refractivity contribution in [1.29, 1.82) is 0 Å². The van der Waals surface area contributed by atoms with Gasteiger partial charge in [-0.15, -0.1) is 0 Å². The van der Waals surface area contributed by atoms with Gasteiger partial charge < -0.3 is 15.1 Å². The van der Waals surface area contributed by atoms with Gasteiger partial charge in [-0.1, -0.05) is 60.2 Å². The van der Waals surface area contributed by atoms with Crippen molar-refractivity contribution < 1.29 is 13.2 Å². The highest BCUT2D eigenvalue weighted by Gasteiger charge is 2.28. The number of likely N-dealkylation sites (N-methyl/N-ethyl adjacent to an activating group) is 1. The van der Waals surface area contributed by atoms with E-state index in [1.54, 1.807) is 48.5 Å². The Balaban J connectivity index is 1.54. The van der Waals surface area contributed by atoms with E-state index in [0.29, 0.717) is 17.8 Å². The Morgan fingerprint density at radius 1 is 0.892 bits per heavy atom. The molecular weight excluding hydrogens is 484 g/mol. The van der Waals surface area contributed by atoms with Crippen molar-refractivity contribution in [3.05, 3.63) is 95.6 Å². The highest BCUT2D eigenvalue weighted by atomic mass is 32.2. The molecule has 1 heterocycles. The zero-order valence-electron chi connectivity index (χ0n) is 21.6. The van der Waals surface area contributed by atoms with Gasteiger partial charge in [-0.3, -0.25) is 9.10 Å². The molecule has 0 unspecified atom stereocenters. The number of hydrogen-bond acceptors (Lipinski definition) is 5. The normalized spacial score (nSPS) is 14.9. The van der Waals surface area contributed by atoms with Crippen molar-refractivity contribution in [2.24, 2.45) is 0 Å². The smallest absolute Gasteiger partial charge is 0.264 e. The molecule has 196 valence electrons. The van der Waals surface area contributed by atoms with Crippen molar-refractivity contribution in [1.82, 2.24) is 15.1 Å². The average Bonchev–Trinajstić information content (AvgIpc) is 2.91. The van der Waals surface area contributed by atoms with Crippen LogP contribution in [0, 0.1) is 6.92 Å². The van der Waals surface area contributed by atoms with E-state index in [4.69, 9.17) is 0 Å². The van der Waals surface area contributed by atoms with Crippen LogP contribution in [0.2, 0.25) is 0 Å². The lowest BCUT2D eigenvalue weighted by Gasteiger charge is -2.32. The van der Waals surface area contributed by atoms with Crippen LogP contribution in [0.15, 0.2) is 83.8 Å². The van der Waals surface area contributed by atoms with Gasteiger partial charge >= 0.3 is 0 Å². The number of nitrogens with one attached hydrogen (secondary N) is 1. The number of anilines is 1. The van der Waals surface area contributed by atoms with E-state index in [1.807, 2.05) is 37.3 Å². The van der Waals surface area contributed by atoms with Crippen LogP contribution >= 0.6 is 0 Å². The molecule has 1 saturated heterocycles. The monoisotopic (exact) mass is 520 g/mol. The minimum Gasteiger partial charge on any atom is -0.352 e. The van der Waals surface area contributed by atoms with Gasteiger partial charge in [0.05, 0.1) is 22.7 Å². The second-order valence-corrected chi connectivity index (χ2v) is 11.4. The van der Waals surface area contributed by atoms with Crippen molar-refractivity contribution in [2.75, 3.05) is 50.6 Å². The van der Waals surface area contributed by atoms with Crippen LogP contribution in [0.5, 0.6) is 0 Å². The summed E-state index contributed by atoms with van der Waals surface area (Å²) in [6.45, 7) is 7.70. The molecule has 3 aromatic rings. The summed E-state index contributed by atoms with van der Waals surface area (Å²) in [5, 5.41) is 3.01. The molecule has 1 fully saturated rings. The van der Waals surface area contributed by atoms with Crippen molar-refractivity contribution in [3.63, 3.8) is 0 Å². The van der Waals surface area contributed by atoms with Gasteiger partial charge in [0.15, 0.2) is 0 Å². The van der Waals surface area contributed by atoms with Crippen LogP contribution < -0.4 is 9.62 Å². The molecule has 0 atom stereocenters. The Morgan fingerprint density at radius 2 is 1.54 bits per heavy atom. The molecule has 1 amide bonds. The van der Waals surface area contributed by atoms with Crippen molar-refractivity contribution in [2.45, 2.75) is 24.8 Å². The Labute approximate surface area is 220 Å². The second kappa shape index (κ2) is 12.4. The highest BCUT2D eigenvalue weighted by molar-refractivity contribution is 7.92. The number of carbonyl (C=O) groups is 1. The van der Waals surface area contributed by atoms with Gasteiger partial charge in [0.25, 0.3) is 15.9 Å². The minimum absolute atomic E-state index is 0.116. The second-order valence-electron chi connectivity index (χ2n) is 9.58. The predicted octanol–water partition coefficient (Wildman–Crippen LogP) is 3.76. The van der Waals surface area contributed by atoms with Crippen molar-refractivity contribution in [3.8, 4) is 0 Å². The fourth-order valence-electron chi connectivity index (χ4n) is 4.44. The van der Waals surface area contributed by atoms with Crippen LogP contribution in [0.4, 0.5) is 5.69 Å². The number of aryl methyl sites for hydroxylation is 1. The number of amides is 1. The summed E-state index contributed by atoms with van der Waals surface area (Å²) in [6, 6.07) is 23.2. The number of benzene rings is 3. The molecule has 0 radical (unpaired) electrons. The van der Waals surface area contributed by atoms with E-state index < -0.39 is 10.0 Å². The molecule has 3 aromatic carbocycles. The van der Waals surface area contributed by atoms with Crippen LogP contribution in [0.3, 0.4) is 0 Å². The summed E-state index contributed by atoms with van der Waals surface area (Å²) in [6.07, 6.45) is 0.840. The van der Waals surface area contributed by atoms with Gasteiger partial charge in [-0.2, -0.15) is 0 Å². The minimum atomic E-state index is -3.93. The molecule has 1 N–H and O–H groups in total. The third-order valence-electron chi connectivity index (χ3n) is 6.73. The largest absolute Gasteiger partial charge is 0.352 e. The van der Waals surface area contributed by atoms with E-state index >= 15 is 0 Å². The molecule has 1 aliphatic rings. The number of hydrogen-bond donors (Lipinski definition) is 1. The quantitative estimate of drug-likeness (QED) is 0.412. The van der Waals surface area contributed by atoms with Crippen LogP contribution in [-0.2, 0) is 16.6 Å². The van der Waals surface area contributed by atoms with Crippen LogP contribution in [-0.4, -0.2) is 70.4 Å². The molecule has 0 spiro atoms. The van der Waals surface area contributed by atoms with Crippen molar-refractivity contribution >= 4 is 21.6 Å². The van der Waals surface area contributed by atoms with Crippen LogP contribution in [0.25, 0.3) is 0 Å². The molecular formula is C29H36N4O3S. The third kappa shape index (κ3) is 6.97. The number of carbonyl (C=O) groups excluding carboxylic acids is 1. The standard InChI is InChI=1S/C29H36N4O3S/c1-24-13-15-26(16-14-24)37(35,36)33(23-25-9-4-3-5-10-25)28-12-7-6-11-27(28)29(34)30-17-8-18-32-21-19-31(2)20-22-32/h3-7,9-16H,8,17-23H2,1-2H3,(H,30,34). The number of para-hydroxylation sites is 1. The molecule has 8 heteroatoms. The first-order valence-corrected chi connectivity index (χ1v) is 14.2. The van der Waals surface area contributed by atoms with Gasteiger partial charge in [-0.25, -0.2) is 8.42 Å². The first kappa shape index (κ1) is 26.9. The van der Waals surface area contributed by atoms with Crippen LogP contribution in [0.1, 0.15) is 27.9 Å². The summed E-state index contributed by atoms with van der Waals surface area (Å²) in [5.41, 5.74) is 2.52. The zero-order valence-corrected chi connectivity index (χ0v) is 22.5. The summed E-state index contributed by atoms with van der Waals surface area (Å²) < 4.78 is 29.1. The lowest BCUT2D eigenvalue weighted by Crippen LogP contribution is -2.45. The van der Waals surface area contributed by atoms with E-state index in [-0.39, 0.29) is 17.3 Å². The number of sulfonamides is 1. The maximum atomic E-state index is 13.9. The SMILES string of the molecule is Cc1ccc(S(=O)(=O)N(Cc2ccccc2)c2ccccc2C(=O)NCCCN2CCN(C)CC2)cc1. The van der Waals surface area contributed by atoms with Gasteiger partial charge in [0.2, 0.25) is 0 Å². The number of nitrogens with zero attached hydrogens (tertiary/aromatic N) is 3. The molecule has 1 aliphatic heterocycles. The summed E-state index contributed by atoms with van der Waals surface area (Å²) >= 11 is 0. The Hall–Kier alpha value is -3.20. The summed E-state index contributed by atoms with van der Waals surface area (Å²) in [5.74, 6) is -0.272. The fourth-order valence-corrected chi connectivity index (χ4v) is 5.91.